The van der Waals surface area contributed by atoms with E-state index in [1.807, 2.05) is 73.1 Å². The second-order valence-corrected chi connectivity index (χ2v) is 7.04. The lowest BCUT2D eigenvalue weighted by Gasteiger charge is -2.06. The Labute approximate surface area is 167 Å². The van der Waals surface area contributed by atoms with Crippen LogP contribution in [0.25, 0.3) is 23.2 Å². The van der Waals surface area contributed by atoms with E-state index in [4.69, 9.17) is 11.6 Å². The Hall–Kier alpha value is -3.18. The third kappa shape index (κ3) is 3.49. The Balaban J connectivity index is 1.67. The van der Waals surface area contributed by atoms with Crippen LogP contribution < -0.4 is 5.56 Å². The zero-order valence-electron chi connectivity index (χ0n) is 15.6. The number of rotatable bonds is 4. The number of para-hydroxylation sites is 2. The summed E-state index contributed by atoms with van der Waals surface area (Å²) in [6.45, 7) is 4.55. The highest BCUT2D eigenvalue weighted by atomic mass is 35.5. The molecule has 6 heteroatoms. The molecule has 0 aliphatic carbocycles. The van der Waals surface area contributed by atoms with E-state index < -0.39 is 0 Å². The molecule has 0 saturated carbocycles. The molecule has 2 heterocycles. The second kappa shape index (κ2) is 7.44. The fourth-order valence-electron chi connectivity index (χ4n) is 3.21. The van der Waals surface area contributed by atoms with Crippen LogP contribution in [-0.2, 0) is 6.54 Å². The Kier molecular flexibility index (Phi) is 4.84. The third-order valence-corrected chi connectivity index (χ3v) is 5.12. The standard InChI is InChI=1S/C22H19ClN4O/c1-14-17(15(2)27(26-14)13-16-7-3-4-8-18(16)23)11-12-21-22(28)25-20-10-6-5-9-19(20)24-21/h3-12H,13H2,1-2H3,(H,25,28)/b12-11+. The number of aromatic nitrogens is 4. The molecule has 4 aromatic rings. The van der Waals surface area contributed by atoms with Crippen LogP contribution in [0.15, 0.2) is 53.3 Å². The molecule has 0 fully saturated rings. The number of benzene rings is 2. The van der Waals surface area contributed by atoms with E-state index in [2.05, 4.69) is 15.1 Å². The lowest BCUT2D eigenvalue weighted by Crippen LogP contribution is -2.11. The smallest absolute Gasteiger partial charge is 0.274 e. The first-order chi connectivity index (χ1) is 13.5. The minimum absolute atomic E-state index is 0.214. The Morgan fingerprint density at radius 2 is 1.82 bits per heavy atom. The molecule has 0 atom stereocenters. The van der Waals surface area contributed by atoms with Gasteiger partial charge in [0.1, 0.15) is 5.69 Å². The van der Waals surface area contributed by atoms with Crippen LogP contribution in [0.1, 0.15) is 28.2 Å². The molecule has 0 unspecified atom stereocenters. The van der Waals surface area contributed by atoms with Crippen molar-refractivity contribution >= 4 is 34.8 Å². The van der Waals surface area contributed by atoms with E-state index in [0.29, 0.717) is 12.2 Å². The molecule has 0 bridgehead atoms. The summed E-state index contributed by atoms with van der Waals surface area (Å²) in [4.78, 5) is 19.6. The highest BCUT2D eigenvalue weighted by Gasteiger charge is 2.11. The van der Waals surface area contributed by atoms with Gasteiger partial charge in [0, 0.05) is 16.3 Å². The van der Waals surface area contributed by atoms with Gasteiger partial charge in [-0.1, -0.05) is 41.9 Å². The summed E-state index contributed by atoms with van der Waals surface area (Å²) in [5, 5.41) is 5.35. The summed E-state index contributed by atoms with van der Waals surface area (Å²) < 4.78 is 1.92. The zero-order chi connectivity index (χ0) is 19.7. The van der Waals surface area contributed by atoms with Crippen molar-refractivity contribution < 1.29 is 0 Å². The summed E-state index contributed by atoms with van der Waals surface area (Å²) in [5.74, 6) is 0. The highest BCUT2D eigenvalue weighted by Crippen LogP contribution is 2.20. The Morgan fingerprint density at radius 1 is 1.07 bits per heavy atom. The van der Waals surface area contributed by atoms with E-state index >= 15 is 0 Å². The molecule has 0 saturated heterocycles. The van der Waals surface area contributed by atoms with E-state index in [1.165, 1.54) is 0 Å². The number of H-pyrrole nitrogens is 1. The maximum atomic E-state index is 12.3. The first-order valence-corrected chi connectivity index (χ1v) is 9.35. The fraction of sp³-hybridized carbons (Fsp3) is 0.136. The van der Waals surface area contributed by atoms with Crippen LogP contribution in [-0.4, -0.2) is 19.7 Å². The summed E-state index contributed by atoms with van der Waals surface area (Å²) >= 11 is 6.28. The van der Waals surface area contributed by atoms with Crippen LogP contribution >= 0.6 is 11.6 Å². The fourth-order valence-corrected chi connectivity index (χ4v) is 3.41. The van der Waals surface area contributed by atoms with Crippen LogP contribution in [0.5, 0.6) is 0 Å². The van der Waals surface area contributed by atoms with Gasteiger partial charge in [-0.3, -0.25) is 9.48 Å². The predicted octanol–water partition coefficient (Wildman–Crippen LogP) is 4.61. The van der Waals surface area contributed by atoms with Gasteiger partial charge in [0.05, 0.1) is 23.3 Å². The van der Waals surface area contributed by atoms with Crippen molar-refractivity contribution in [2.45, 2.75) is 20.4 Å². The van der Waals surface area contributed by atoms with E-state index in [0.717, 1.165) is 38.6 Å². The average molecular weight is 391 g/mol. The van der Waals surface area contributed by atoms with Crippen molar-refractivity contribution in [1.29, 1.82) is 0 Å². The van der Waals surface area contributed by atoms with Crippen LogP contribution in [0, 0.1) is 13.8 Å². The van der Waals surface area contributed by atoms with Crippen molar-refractivity contribution in [1.82, 2.24) is 19.7 Å². The van der Waals surface area contributed by atoms with Gasteiger partial charge in [-0.2, -0.15) is 5.10 Å². The summed E-state index contributed by atoms with van der Waals surface area (Å²) in [5.41, 5.74) is 5.52. The predicted molar refractivity (Wildman–Crippen MR) is 114 cm³/mol. The number of hydrogen-bond acceptors (Lipinski definition) is 3. The number of nitrogens with zero attached hydrogens (tertiary/aromatic N) is 3. The minimum Gasteiger partial charge on any atom is -0.319 e. The van der Waals surface area contributed by atoms with Crippen molar-refractivity contribution in [3.8, 4) is 0 Å². The molecule has 0 spiro atoms. The Morgan fingerprint density at radius 3 is 2.64 bits per heavy atom. The molecule has 0 aliphatic heterocycles. The summed E-state index contributed by atoms with van der Waals surface area (Å²) in [6, 6.07) is 15.2. The van der Waals surface area contributed by atoms with Crippen molar-refractivity contribution in [3.63, 3.8) is 0 Å². The molecule has 0 radical (unpaired) electrons. The number of fused-ring (bicyclic) bond motifs is 1. The highest BCUT2D eigenvalue weighted by molar-refractivity contribution is 6.31. The molecular formula is C22H19ClN4O. The number of aryl methyl sites for hydroxylation is 1. The van der Waals surface area contributed by atoms with Gasteiger partial charge in [-0.15, -0.1) is 0 Å². The van der Waals surface area contributed by atoms with Gasteiger partial charge in [0.25, 0.3) is 5.56 Å². The number of hydrogen-bond donors (Lipinski definition) is 1. The normalized spacial score (nSPS) is 11.5. The maximum absolute atomic E-state index is 12.3. The monoisotopic (exact) mass is 390 g/mol. The number of halogens is 1. The largest absolute Gasteiger partial charge is 0.319 e. The summed E-state index contributed by atoms with van der Waals surface area (Å²) in [6.07, 6.45) is 3.63. The second-order valence-electron chi connectivity index (χ2n) is 6.64. The quantitative estimate of drug-likeness (QED) is 0.553. The first-order valence-electron chi connectivity index (χ1n) is 8.97. The van der Waals surface area contributed by atoms with Gasteiger partial charge in [0.2, 0.25) is 0 Å². The van der Waals surface area contributed by atoms with Gasteiger partial charge in [-0.25, -0.2) is 4.98 Å². The minimum atomic E-state index is -0.214. The van der Waals surface area contributed by atoms with Crippen LogP contribution in [0.4, 0.5) is 0 Å². The van der Waals surface area contributed by atoms with Crippen molar-refractivity contribution in [3.05, 3.63) is 92.1 Å². The number of aromatic amines is 1. The molecule has 28 heavy (non-hydrogen) atoms. The van der Waals surface area contributed by atoms with Crippen LogP contribution in [0.3, 0.4) is 0 Å². The molecular weight excluding hydrogens is 372 g/mol. The van der Waals surface area contributed by atoms with Gasteiger partial charge < -0.3 is 4.98 Å². The van der Waals surface area contributed by atoms with E-state index in [9.17, 15) is 4.79 Å². The van der Waals surface area contributed by atoms with E-state index in [-0.39, 0.29) is 5.56 Å². The maximum Gasteiger partial charge on any atom is 0.274 e. The lowest BCUT2D eigenvalue weighted by molar-refractivity contribution is 0.659. The molecule has 0 aliphatic rings. The van der Waals surface area contributed by atoms with Crippen molar-refractivity contribution in [2.75, 3.05) is 0 Å². The van der Waals surface area contributed by atoms with Gasteiger partial charge in [0.15, 0.2) is 0 Å². The molecule has 140 valence electrons. The molecule has 2 aromatic heterocycles. The molecule has 4 rings (SSSR count). The van der Waals surface area contributed by atoms with E-state index in [1.54, 1.807) is 6.08 Å². The first kappa shape index (κ1) is 18.2. The molecule has 5 nitrogen and oxygen atoms in total. The third-order valence-electron chi connectivity index (χ3n) is 4.75. The number of nitrogens with one attached hydrogen (secondary N) is 1. The molecule has 0 amide bonds. The SMILES string of the molecule is Cc1nn(Cc2ccccc2Cl)c(C)c1/C=C/c1nc2ccccc2[nH]c1=O. The topological polar surface area (TPSA) is 63.6 Å². The summed E-state index contributed by atoms with van der Waals surface area (Å²) in [7, 11) is 0. The zero-order valence-corrected chi connectivity index (χ0v) is 16.4. The van der Waals surface area contributed by atoms with Crippen LogP contribution in [0.2, 0.25) is 5.02 Å². The van der Waals surface area contributed by atoms with Gasteiger partial charge >= 0.3 is 0 Å². The molecule has 1 N–H and O–H groups in total. The van der Waals surface area contributed by atoms with Gasteiger partial charge in [-0.05, 0) is 49.8 Å². The lowest BCUT2D eigenvalue weighted by atomic mass is 10.1. The average Bonchev–Trinajstić information content (AvgIpc) is 2.95. The molecule has 2 aromatic carbocycles. The Bertz CT molecular complexity index is 1250. The van der Waals surface area contributed by atoms with Crippen molar-refractivity contribution in [2.24, 2.45) is 0 Å².